The van der Waals surface area contributed by atoms with Crippen LogP contribution in [0.1, 0.15) is 36.0 Å². The summed E-state index contributed by atoms with van der Waals surface area (Å²) in [6, 6.07) is 6.89. The third-order valence-electron chi connectivity index (χ3n) is 2.35. The van der Waals surface area contributed by atoms with Crippen molar-refractivity contribution in [3.63, 3.8) is 0 Å². The summed E-state index contributed by atoms with van der Waals surface area (Å²) in [5.41, 5.74) is 0.426. The van der Waals surface area contributed by atoms with E-state index < -0.39 is 0 Å². The largest absolute Gasteiger partial charge is 0.462 e. The number of rotatable bonds is 7. The molecule has 0 amide bonds. The van der Waals surface area contributed by atoms with Gasteiger partial charge in [0.15, 0.2) is 0 Å². The first-order valence-corrected chi connectivity index (χ1v) is 6.64. The molecule has 0 aliphatic carbocycles. The monoisotopic (exact) mass is 274 g/mol. The second-order valence-electron chi connectivity index (χ2n) is 3.72. The molecule has 0 spiro atoms. The molecule has 1 aromatic carbocycles. The number of esters is 1. The van der Waals surface area contributed by atoms with Gasteiger partial charge in [-0.2, -0.15) is 0 Å². The predicted molar refractivity (Wildman–Crippen MR) is 70.9 cm³/mol. The van der Waals surface area contributed by atoms with Gasteiger partial charge in [0.2, 0.25) is 0 Å². The van der Waals surface area contributed by atoms with E-state index in [0.717, 1.165) is 25.7 Å². The van der Waals surface area contributed by atoms with Gasteiger partial charge in [-0.25, -0.2) is 4.79 Å². The molecule has 94 valence electrons. The molecule has 0 radical (unpaired) electrons. The molecule has 0 aliphatic heterocycles. The molecule has 0 atom stereocenters. The Hall–Kier alpha value is -0.730. The molecule has 0 N–H and O–H groups in total. The van der Waals surface area contributed by atoms with E-state index in [4.69, 9.17) is 27.9 Å². The fraction of sp³-hybridized carbons (Fsp3) is 0.462. The maximum Gasteiger partial charge on any atom is 0.339 e. The fourth-order valence-corrected chi connectivity index (χ4v) is 1.82. The molecule has 0 unspecified atom stereocenters. The molecular formula is C13H16Cl2O2. The van der Waals surface area contributed by atoms with Gasteiger partial charge >= 0.3 is 5.97 Å². The van der Waals surface area contributed by atoms with E-state index in [1.54, 1.807) is 24.3 Å². The summed E-state index contributed by atoms with van der Waals surface area (Å²) in [6.45, 7) is 0.437. The van der Waals surface area contributed by atoms with Crippen molar-refractivity contribution < 1.29 is 9.53 Å². The van der Waals surface area contributed by atoms with Gasteiger partial charge in [-0.1, -0.05) is 36.6 Å². The smallest absolute Gasteiger partial charge is 0.339 e. The number of alkyl halides is 1. The van der Waals surface area contributed by atoms with Gasteiger partial charge in [-0.3, -0.25) is 0 Å². The van der Waals surface area contributed by atoms with Crippen molar-refractivity contribution in [2.24, 2.45) is 0 Å². The third kappa shape index (κ3) is 5.42. The van der Waals surface area contributed by atoms with Crippen LogP contribution in [0.2, 0.25) is 5.02 Å². The molecule has 0 heterocycles. The first-order valence-electron chi connectivity index (χ1n) is 5.73. The van der Waals surface area contributed by atoms with Gasteiger partial charge < -0.3 is 4.74 Å². The van der Waals surface area contributed by atoms with Crippen LogP contribution in [-0.4, -0.2) is 18.5 Å². The van der Waals surface area contributed by atoms with Crippen LogP contribution in [0.15, 0.2) is 24.3 Å². The van der Waals surface area contributed by atoms with Gasteiger partial charge in [0, 0.05) is 5.88 Å². The third-order valence-corrected chi connectivity index (χ3v) is 2.95. The molecule has 0 saturated carbocycles. The fourth-order valence-electron chi connectivity index (χ4n) is 1.42. The van der Waals surface area contributed by atoms with Crippen LogP contribution in [0.4, 0.5) is 0 Å². The quantitative estimate of drug-likeness (QED) is 0.421. The normalized spacial score (nSPS) is 10.2. The van der Waals surface area contributed by atoms with Crippen LogP contribution in [-0.2, 0) is 4.74 Å². The Morgan fingerprint density at radius 2 is 1.82 bits per heavy atom. The Kier molecular flexibility index (Phi) is 7.06. The molecule has 1 rings (SSSR count). The van der Waals surface area contributed by atoms with E-state index in [9.17, 15) is 4.79 Å². The lowest BCUT2D eigenvalue weighted by atomic mass is 10.2. The topological polar surface area (TPSA) is 26.3 Å². The first-order chi connectivity index (χ1) is 8.25. The average molecular weight is 275 g/mol. The molecule has 4 heteroatoms. The minimum absolute atomic E-state index is 0.354. The minimum atomic E-state index is -0.354. The van der Waals surface area contributed by atoms with Crippen molar-refractivity contribution in [2.45, 2.75) is 25.7 Å². The summed E-state index contributed by atoms with van der Waals surface area (Å²) in [4.78, 5) is 11.6. The molecule has 0 fully saturated rings. The van der Waals surface area contributed by atoms with Crippen molar-refractivity contribution >= 4 is 29.2 Å². The Bertz CT molecular complexity index is 353. The van der Waals surface area contributed by atoms with Gasteiger partial charge in [0.05, 0.1) is 17.2 Å². The lowest BCUT2D eigenvalue weighted by molar-refractivity contribution is 0.0498. The summed E-state index contributed by atoms with van der Waals surface area (Å²) in [5, 5.41) is 0.430. The van der Waals surface area contributed by atoms with Crippen molar-refractivity contribution in [3.05, 3.63) is 34.9 Å². The summed E-state index contributed by atoms with van der Waals surface area (Å²) >= 11 is 11.4. The summed E-state index contributed by atoms with van der Waals surface area (Å²) in [5.74, 6) is 0.340. The van der Waals surface area contributed by atoms with Crippen LogP contribution < -0.4 is 0 Å². The molecule has 17 heavy (non-hydrogen) atoms. The number of ether oxygens (including phenoxy) is 1. The van der Waals surface area contributed by atoms with Crippen molar-refractivity contribution in [3.8, 4) is 0 Å². The number of carbonyl (C=O) groups is 1. The molecule has 0 bridgehead atoms. The zero-order valence-electron chi connectivity index (χ0n) is 9.62. The van der Waals surface area contributed by atoms with Crippen molar-refractivity contribution in [1.29, 1.82) is 0 Å². The van der Waals surface area contributed by atoms with Crippen LogP contribution in [0.25, 0.3) is 0 Å². The maximum absolute atomic E-state index is 11.6. The van der Waals surface area contributed by atoms with Gasteiger partial charge in [-0.05, 0) is 25.0 Å². The van der Waals surface area contributed by atoms with Crippen molar-refractivity contribution in [2.75, 3.05) is 12.5 Å². The standard InChI is InChI=1S/C13H16Cl2O2/c14-9-5-1-2-6-10-17-13(16)11-7-3-4-8-12(11)15/h3-4,7-8H,1-2,5-6,9-10H2. The highest BCUT2D eigenvalue weighted by atomic mass is 35.5. The Balaban J connectivity index is 2.24. The van der Waals surface area contributed by atoms with E-state index in [0.29, 0.717) is 23.1 Å². The lowest BCUT2D eigenvalue weighted by Gasteiger charge is -2.05. The van der Waals surface area contributed by atoms with E-state index >= 15 is 0 Å². The molecular weight excluding hydrogens is 259 g/mol. The highest BCUT2D eigenvalue weighted by Gasteiger charge is 2.10. The van der Waals surface area contributed by atoms with E-state index in [2.05, 4.69) is 0 Å². The Morgan fingerprint density at radius 1 is 1.12 bits per heavy atom. The second kappa shape index (κ2) is 8.37. The highest BCUT2D eigenvalue weighted by Crippen LogP contribution is 2.16. The number of carbonyl (C=O) groups excluding carboxylic acids is 1. The molecule has 1 aromatic rings. The average Bonchev–Trinajstić information content (AvgIpc) is 2.34. The number of hydrogen-bond acceptors (Lipinski definition) is 2. The SMILES string of the molecule is O=C(OCCCCCCCl)c1ccccc1Cl. The molecule has 0 saturated heterocycles. The predicted octanol–water partition coefficient (Wildman–Crippen LogP) is 4.30. The molecule has 0 aromatic heterocycles. The van der Waals surface area contributed by atoms with Crippen LogP contribution in [0.3, 0.4) is 0 Å². The summed E-state index contributed by atoms with van der Waals surface area (Å²) in [6.07, 6.45) is 3.99. The summed E-state index contributed by atoms with van der Waals surface area (Å²) in [7, 11) is 0. The zero-order valence-corrected chi connectivity index (χ0v) is 11.1. The van der Waals surface area contributed by atoms with Crippen molar-refractivity contribution in [1.82, 2.24) is 0 Å². The Morgan fingerprint density at radius 3 is 2.53 bits per heavy atom. The summed E-state index contributed by atoms with van der Waals surface area (Å²) < 4.78 is 5.13. The van der Waals surface area contributed by atoms with Crippen LogP contribution in [0.5, 0.6) is 0 Å². The number of halogens is 2. The zero-order chi connectivity index (χ0) is 12.5. The molecule has 0 aliphatic rings. The van der Waals surface area contributed by atoms with E-state index in [1.165, 1.54) is 0 Å². The van der Waals surface area contributed by atoms with Crippen LogP contribution in [0, 0.1) is 0 Å². The van der Waals surface area contributed by atoms with E-state index in [-0.39, 0.29) is 5.97 Å². The number of unbranched alkanes of at least 4 members (excludes halogenated alkanes) is 3. The number of benzene rings is 1. The van der Waals surface area contributed by atoms with Crippen LogP contribution >= 0.6 is 23.2 Å². The van der Waals surface area contributed by atoms with Gasteiger partial charge in [0.1, 0.15) is 0 Å². The maximum atomic E-state index is 11.6. The minimum Gasteiger partial charge on any atom is -0.462 e. The van der Waals surface area contributed by atoms with Gasteiger partial charge in [0.25, 0.3) is 0 Å². The molecule has 2 nitrogen and oxygen atoms in total. The highest BCUT2D eigenvalue weighted by molar-refractivity contribution is 6.33. The second-order valence-corrected chi connectivity index (χ2v) is 4.50. The van der Waals surface area contributed by atoms with E-state index in [1.807, 2.05) is 0 Å². The Labute approximate surface area is 112 Å². The lowest BCUT2D eigenvalue weighted by Crippen LogP contribution is -2.07. The number of hydrogen-bond donors (Lipinski definition) is 0. The first kappa shape index (κ1) is 14.3. The van der Waals surface area contributed by atoms with Gasteiger partial charge in [-0.15, -0.1) is 11.6 Å².